The molecule has 130 valence electrons. The highest BCUT2D eigenvalue weighted by Crippen LogP contribution is 2.41. The van der Waals surface area contributed by atoms with E-state index in [2.05, 4.69) is 11.4 Å². The molecule has 0 radical (unpaired) electrons. The van der Waals surface area contributed by atoms with Crippen LogP contribution in [0.5, 0.6) is 0 Å². The number of aryl methyl sites for hydroxylation is 1. The quantitative estimate of drug-likeness (QED) is 0.836. The van der Waals surface area contributed by atoms with Crippen molar-refractivity contribution in [1.82, 2.24) is 9.88 Å². The van der Waals surface area contributed by atoms with Crippen molar-refractivity contribution in [2.24, 2.45) is 18.4 Å². The standard InChI is InChI=1S/C18H20N4O2S/c1-10-6-12(11(2)22(10)5)15(23)9-25-17-14(8-20)18(3,4)13(7-19)16(24)21-17/h6,13H,9H2,1-5H3,(H,21,24)/t13-/m0/s1. The summed E-state index contributed by atoms with van der Waals surface area (Å²) >= 11 is 1.13. The molecular formula is C18H20N4O2S. The number of allylic oxidation sites excluding steroid dienone is 1. The normalized spacial score (nSPS) is 19.2. The van der Waals surface area contributed by atoms with E-state index in [0.717, 1.165) is 23.1 Å². The molecule has 0 saturated carbocycles. The Balaban J connectivity index is 2.27. The molecule has 1 atom stereocenters. The van der Waals surface area contributed by atoms with E-state index in [0.29, 0.717) is 16.2 Å². The fourth-order valence-electron chi connectivity index (χ4n) is 2.89. The number of nitrogens with one attached hydrogen (secondary N) is 1. The first-order valence-corrected chi connectivity index (χ1v) is 8.78. The Morgan fingerprint density at radius 3 is 2.52 bits per heavy atom. The maximum Gasteiger partial charge on any atom is 0.243 e. The van der Waals surface area contributed by atoms with Gasteiger partial charge in [0.25, 0.3) is 0 Å². The molecule has 0 saturated heterocycles. The van der Waals surface area contributed by atoms with Crippen molar-refractivity contribution >= 4 is 23.5 Å². The van der Waals surface area contributed by atoms with Crippen molar-refractivity contribution in [3.63, 3.8) is 0 Å². The highest BCUT2D eigenvalue weighted by Gasteiger charge is 2.44. The molecular weight excluding hydrogens is 336 g/mol. The number of hydrogen-bond acceptors (Lipinski definition) is 5. The number of hydrogen-bond donors (Lipinski definition) is 1. The van der Waals surface area contributed by atoms with Crippen LogP contribution in [-0.2, 0) is 11.8 Å². The van der Waals surface area contributed by atoms with Gasteiger partial charge in [0, 0.05) is 29.4 Å². The second-order valence-electron chi connectivity index (χ2n) is 6.64. The number of carbonyl (C=O) groups excluding carboxylic acids is 2. The molecule has 2 rings (SSSR count). The first-order chi connectivity index (χ1) is 11.6. The van der Waals surface area contributed by atoms with Gasteiger partial charge in [-0.15, -0.1) is 0 Å². The van der Waals surface area contributed by atoms with Gasteiger partial charge in [0.2, 0.25) is 5.91 Å². The van der Waals surface area contributed by atoms with Crippen LogP contribution in [0.4, 0.5) is 0 Å². The Kier molecular flexibility index (Phi) is 5.10. The third-order valence-electron chi connectivity index (χ3n) is 4.76. The van der Waals surface area contributed by atoms with E-state index in [1.807, 2.05) is 37.6 Å². The van der Waals surface area contributed by atoms with E-state index < -0.39 is 17.2 Å². The molecule has 0 aromatic carbocycles. The molecule has 0 aliphatic carbocycles. The van der Waals surface area contributed by atoms with E-state index in [1.54, 1.807) is 13.8 Å². The molecule has 0 unspecified atom stereocenters. The average Bonchev–Trinajstić information content (AvgIpc) is 2.79. The molecule has 7 heteroatoms. The summed E-state index contributed by atoms with van der Waals surface area (Å²) in [6.07, 6.45) is 0. The number of nitrogens with zero attached hydrogens (tertiary/aromatic N) is 3. The monoisotopic (exact) mass is 356 g/mol. The number of amides is 1. The van der Waals surface area contributed by atoms with Gasteiger partial charge in [0.15, 0.2) is 5.78 Å². The fraction of sp³-hybridized carbons (Fsp3) is 0.444. The van der Waals surface area contributed by atoms with Crippen LogP contribution >= 0.6 is 11.8 Å². The summed E-state index contributed by atoms with van der Waals surface area (Å²) in [6, 6.07) is 5.89. The summed E-state index contributed by atoms with van der Waals surface area (Å²) in [7, 11) is 1.90. The maximum absolute atomic E-state index is 12.5. The van der Waals surface area contributed by atoms with Crippen molar-refractivity contribution in [3.8, 4) is 12.1 Å². The second kappa shape index (κ2) is 6.78. The first kappa shape index (κ1) is 18.8. The minimum Gasteiger partial charge on any atom is -0.351 e. The van der Waals surface area contributed by atoms with E-state index in [1.165, 1.54) is 0 Å². The number of aromatic nitrogens is 1. The first-order valence-electron chi connectivity index (χ1n) is 7.79. The highest BCUT2D eigenvalue weighted by molar-refractivity contribution is 8.03. The number of carbonyl (C=O) groups is 2. The molecule has 1 aromatic heterocycles. The van der Waals surface area contributed by atoms with Gasteiger partial charge in [0.1, 0.15) is 5.92 Å². The van der Waals surface area contributed by atoms with E-state index in [4.69, 9.17) is 0 Å². The Morgan fingerprint density at radius 1 is 1.40 bits per heavy atom. The predicted octanol–water partition coefficient (Wildman–Crippen LogP) is 2.59. The lowest BCUT2D eigenvalue weighted by Gasteiger charge is -2.34. The van der Waals surface area contributed by atoms with Gasteiger partial charge in [-0.1, -0.05) is 25.6 Å². The van der Waals surface area contributed by atoms with Crippen LogP contribution in [-0.4, -0.2) is 22.0 Å². The van der Waals surface area contributed by atoms with Crippen LogP contribution in [0.15, 0.2) is 16.7 Å². The van der Waals surface area contributed by atoms with Gasteiger partial charge >= 0.3 is 0 Å². The topological polar surface area (TPSA) is 98.7 Å². The molecule has 0 bridgehead atoms. The molecule has 1 aliphatic rings. The van der Waals surface area contributed by atoms with Gasteiger partial charge in [-0.2, -0.15) is 10.5 Å². The smallest absolute Gasteiger partial charge is 0.243 e. The van der Waals surface area contributed by atoms with Crippen molar-refractivity contribution in [3.05, 3.63) is 33.6 Å². The van der Waals surface area contributed by atoms with Gasteiger partial charge in [0.05, 0.1) is 28.5 Å². The number of thioether (sulfide) groups is 1. The molecule has 0 spiro atoms. The van der Waals surface area contributed by atoms with Gasteiger partial charge in [-0.05, 0) is 19.9 Å². The summed E-state index contributed by atoms with van der Waals surface area (Å²) in [6.45, 7) is 7.21. The fourth-order valence-corrected chi connectivity index (χ4v) is 3.94. The Morgan fingerprint density at radius 2 is 2.04 bits per heavy atom. The van der Waals surface area contributed by atoms with Crippen LogP contribution in [0.25, 0.3) is 0 Å². The molecule has 1 aliphatic heterocycles. The van der Waals surface area contributed by atoms with E-state index >= 15 is 0 Å². The van der Waals surface area contributed by atoms with E-state index in [9.17, 15) is 20.1 Å². The SMILES string of the molecule is Cc1cc(C(=O)CSC2=C(C#N)C(C)(C)[C@@H](C#N)C(=O)N2)c(C)n1C. The zero-order valence-corrected chi connectivity index (χ0v) is 15.7. The molecule has 1 N–H and O–H groups in total. The van der Waals surface area contributed by atoms with E-state index in [-0.39, 0.29) is 11.5 Å². The lowest BCUT2D eigenvalue weighted by atomic mass is 9.72. The zero-order chi connectivity index (χ0) is 18.9. The summed E-state index contributed by atoms with van der Waals surface area (Å²) in [5.41, 5.74) is 1.96. The molecule has 6 nitrogen and oxygen atoms in total. The summed E-state index contributed by atoms with van der Waals surface area (Å²) in [5, 5.41) is 21.7. The number of Topliss-reactive ketones (excluding diaryl/α,β-unsaturated/α-hetero) is 1. The zero-order valence-electron chi connectivity index (χ0n) is 14.9. The number of rotatable bonds is 4. The Labute approximate surface area is 151 Å². The molecule has 1 aromatic rings. The predicted molar refractivity (Wildman–Crippen MR) is 95.3 cm³/mol. The van der Waals surface area contributed by atoms with Gasteiger partial charge < -0.3 is 9.88 Å². The van der Waals surface area contributed by atoms with Crippen molar-refractivity contribution < 1.29 is 9.59 Å². The Bertz CT molecular complexity index is 865. The number of ketones is 1. The molecule has 25 heavy (non-hydrogen) atoms. The average molecular weight is 356 g/mol. The molecule has 2 heterocycles. The second-order valence-corrected chi connectivity index (χ2v) is 7.63. The van der Waals surface area contributed by atoms with Crippen molar-refractivity contribution in [1.29, 1.82) is 10.5 Å². The van der Waals surface area contributed by atoms with Gasteiger partial charge in [-0.25, -0.2) is 0 Å². The third kappa shape index (κ3) is 3.20. The Hall–Kier alpha value is -2.51. The minimum atomic E-state index is -0.929. The maximum atomic E-state index is 12.5. The number of nitriles is 2. The van der Waals surface area contributed by atoms with Crippen LogP contribution in [0.2, 0.25) is 0 Å². The van der Waals surface area contributed by atoms with Crippen LogP contribution < -0.4 is 5.32 Å². The summed E-state index contributed by atoms with van der Waals surface area (Å²) < 4.78 is 1.95. The molecule has 0 fully saturated rings. The van der Waals surface area contributed by atoms with Crippen molar-refractivity contribution in [2.75, 3.05) is 5.75 Å². The summed E-state index contributed by atoms with van der Waals surface area (Å²) in [5.74, 6) is -1.32. The van der Waals surface area contributed by atoms with Gasteiger partial charge in [-0.3, -0.25) is 9.59 Å². The lowest BCUT2D eigenvalue weighted by molar-refractivity contribution is -0.125. The van der Waals surface area contributed by atoms with Crippen LogP contribution in [0.1, 0.15) is 35.6 Å². The largest absolute Gasteiger partial charge is 0.351 e. The van der Waals surface area contributed by atoms with Crippen LogP contribution in [0.3, 0.4) is 0 Å². The summed E-state index contributed by atoms with van der Waals surface area (Å²) in [4.78, 5) is 24.7. The minimum absolute atomic E-state index is 0.0644. The van der Waals surface area contributed by atoms with Crippen molar-refractivity contribution in [2.45, 2.75) is 27.7 Å². The lowest BCUT2D eigenvalue weighted by Crippen LogP contribution is -2.44. The van der Waals surface area contributed by atoms with Crippen LogP contribution in [0, 0.1) is 47.8 Å². The highest BCUT2D eigenvalue weighted by atomic mass is 32.2. The molecule has 1 amide bonds. The third-order valence-corrected chi connectivity index (χ3v) is 5.76.